The number of methoxy groups -OCH3 is 2. The van der Waals surface area contributed by atoms with Gasteiger partial charge in [-0.2, -0.15) is 0 Å². The fourth-order valence-corrected chi connectivity index (χ4v) is 2.52. The Morgan fingerprint density at radius 3 is 2.65 bits per heavy atom. The number of ether oxygens (including phenoxy) is 2. The molecule has 0 bridgehead atoms. The van der Waals surface area contributed by atoms with E-state index in [0.717, 1.165) is 21.3 Å². The first-order chi connectivity index (χ1) is 11.0. The van der Waals surface area contributed by atoms with Crippen LogP contribution in [-0.4, -0.2) is 20.3 Å². The Balaban J connectivity index is 2.03. The smallest absolute Gasteiger partial charge is 0.319 e. The van der Waals surface area contributed by atoms with Gasteiger partial charge in [0.05, 0.1) is 14.2 Å². The van der Waals surface area contributed by atoms with Crippen LogP contribution in [0, 0.1) is 6.92 Å². The number of para-hydroxylation sites is 1. The van der Waals surface area contributed by atoms with Gasteiger partial charge in [-0.15, -0.1) is 0 Å². The van der Waals surface area contributed by atoms with E-state index >= 15 is 0 Å². The van der Waals surface area contributed by atoms with Crippen LogP contribution in [0.5, 0.6) is 11.5 Å². The molecule has 2 N–H and O–H groups in total. The average molecular weight is 379 g/mol. The number of carbonyl (C=O) groups is 1. The van der Waals surface area contributed by atoms with Crippen molar-refractivity contribution in [1.82, 2.24) is 5.32 Å². The lowest BCUT2D eigenvalue weighted by Gasteiger charge is -2.14. The molecule has 2 aromatic rings. The van der Waals surface area contributed by atoms with Crippen LogP contribution in [0.15, 0.2) is 40.9 Å². The number of carbonyl (C=O) groups excluding carboxylic acids is 1. The van der Waals surface area contributed by atoms with Crippen LogP contribution in [0.4, 0.5) is 10.5 Å². The SMILES string of the molecule is COc1cccc(CNC(=O)Nc2cc(Br)ccc2C)c1OC. The zero-order chi connectivity index (χ0) is 16.8. The van der Waals surface area contributed by atoms with Gasteiger partial charge in [-0.3, -0.25) is 0 Å². The van der Waals surface area contributed by atoms with Gasteiger partial charge in [0.25, 0.3) is 0 Å². The number of urea groups is 1. The molecule has 0 atom stereocenters. The molecule has 0 heterocycles. The highest BCUT2D eigenvalue weighted by atomic mass is 79.9. The van der Waals surface area contributed by atoms with Gasteiger partial charge in [0.2, 0.25) is 0 Å². The molecule has 0 saturated carbocycles. The van der Waals surface area contributed by atoms with Crippen LogP contribution >= 0.6 is 15.9 Å². The molecule has 0 fully saturated rings. The molecule has 2 amide bonds. The molecule has 0 aliphatic heterocycles. The quantitative estimate of drug-likeness (QED) is 0.823. The second-order valence-electron chi connectivity index (χ2n) is 4.92. The summed E-state index contributed by atoms with van der Waals surface area (Å²) in [6.07, 6.45) is 0. The van der Waals surface area contributed by atoms with Crippen molar-refractivity contribution < 1.29 is 14.3 Å². The molecule has 0 unspecified atom stereocenters. The van der Waals surface area contributed by atoms with Crippen molar-refractivity contribution in [2.75, 3.05) is 19.5 Å². The molecular weight excluding hydrogens is 360 g/mol. The molecule has 122 valence electrons. The summed E-state index contributed by atoms with van der Waals surface area (Å²) < 4.78 is 11.5. The molecule has 6 heteroatoms. The van der Waals surface area contributed by atoms with Crippen LogP contribution < -0.4 is 20.1 Å². The van der Waals surface area contributed by atoms with E-state index in [9.17, 15) is 4.79 Å². The van der Waals surface area contributed by atoms with Crippen molar-refractivity contribution in [3.8, 4) is 11.5 Å². The summed E-state index contributed by atoms with van der Waals surface area (Å²) in [6, 6.07) is 11.0. The van der Waals surface area contributed by atoms with Gasteiger partial charge < -0.3 is 20.1 Å². The van der Waals surface area contributed by atoms with Crippen molar-refractivity contribution in [3.63, 3.8) is 0 Å². The summed E-state index contributed by atoms with van der Waals surface area (Å²) >= 11 is 3.39. The summed E-state index contributed by atoms with van der Waals surface area (Å²) in [6.45, 7) is 2.27. The van der Waals surface area contributed by atoms with E-state index in [0.29, 0.717) is 18.0 Å². The predicted molar refractivity (Wildman–Crippen MR) is 94.3 cm³/mol. The topological polar surface area (TPSA) is 59.6 Å². The number of anilines is 1. The molecule has 0 spiro atoms. The first-order valence-electron chi connectivity index (χ1n) is 7.06. The van der Waals surface area contributed by atoms with E-state index in [4.69, 9.17) is 9.47 Å². The van der Waals surface area contributed by atoms with Crippen LogP contribution in [0.3, 0.4) is 0 Å². The number of hydrogen-bond donors (Lipinski definition) is 2. The predicted octanol–water partition coefficient (Wildman–Crippen LogP) is 4.10. The van der Waals surface area contributed by atoms with Crippen molar-refractivity contribution in [1.29, 1.82) is 0 Å². The number of benzene rings is 2. The minimum atomic E-state index is -0.281. The third-order valence-electron chi connectivity index (χ3n) is 3.37. The Hall–Kier alpha value is -2.21. The minimum Gasteiger partial charge on any atom is -0.493 e. The van der Waals surface area contributed by atoms with Crippen LogP contribution in [0.25, 0.3) is 0 Å². The normalized spacial score (nSPS) is 10.1. The maximum Gasteiger partial charge on any atom is 0.319 e. The molecule has 0 saturated heterocycles. The van der Waals surface area contributed by atoms with E-state index in [1.807, 2.05) is 43.3 Å². The van der Waals surface area contributed by atoms with Gasteiger partial charge in [0, 0.05) is 22.3 Å². The average Bonchev–Trinajstić information content (AvgIpc) is 2.55. The third kappa shape index (κ3) is 4.39. The van der Waals surface area contributed by atoms with E-state index in [1.54, 1.807) is 14.2 Å². The Morgan fingerprint density at radius 2 is 1.96 bits per heavy atom. The number of halogens is 1. The monoisotopic (exact) mass is 378 g/mol. The maximum absolute atomic E-state index is 12.1. The fraction of sp³-hybridized carbons (Fsp3) is 0.235. The summed E-state index contributed by atoms with van der Waals surface area (Å²) in [4.78, 5) is 12.1. The zero-order valence-corrected chi connectivity index (χ0v) is 14.9. The molecule has 0 aliphatic carbocycles. The molecular formula is C17H19BrN2O3. The van der Waals surface area contributed by atoms with Crippen LogP contribution in [0.2, 0.25) is 0 Å². The molecule has 2 aromatic carbocycles. The third-order valence-corrected chi connectivity index (χ3v) is 3.86. The summed E-state index contributed by atoms with van der Waals surface area (Å²) in [5.41, 5.74) is 2.59. The molecule has 0 radical (unpaired) electrons. The molecule has 5 nitrogen and oxygen atoms in total. The van der Waals surface area contributed by atoms with Gasteiger partial charge in [0.15, 0.2) is 11.5 Å². The number of aryl methyl sites for hydroxylation is 1. The molecule has 23 heavy (non-hydrogen) atoms. The van der Waals surface area contributed by atoms with Crippen molar-refractivity contribution in [2.45, 2.75) is 13.5 Å². The standard InChI is InChI=1S/C17H19BrN2O3/c1-11-7-8-13(18)9-14(11)20-17(21)19-10-12-5-4-6-15(22-2)16(12)23-3/h4-9H,10H2,1-3H3,(H2,19,20,21). The van der Waals surface area contributed by atoms with Gasteiger partial charge >= 0.3 is 6.03 Å². The highest BCUT2D eigenvalue weighted by Crippen LogP contribution is 2.30. The molecule has 2 rings (SSSR count). The van der Waals surface area contributed by atoms with Gasteiger partial charge in [-0.1, -0.05) is 34.1 Å². The Kier molecular flexibility index (Phi) is 5.87. The zero-order valence-electron chi connectivity index (χ0n) is 13.3. The Labute approximate surface area is 144 Å². The molecule has 0 aliphatic rings. The fourth-order valence-electron chi connectivity index (χ4n) is 2.16. The largest absolute Gasteiger partial charge is 0.493 e. The second-order valence-corrected chi connectivity index (χ2v) is 5.84. The summed E-state index contributed by atoms with van der Waals surface area (Å²) in [7, 11) is 3.16. The highest BCUT2D eigenvalue weighted by Gasteiger charge is 2.11. The van der Waals surface area contributed by atoms with Gasteiger partial charge in [0.1, 0.15) is 0 Å². The lowest BCUT2D eigenvalue weighted by Crippen LogP contribution is -2.28. The lowest BCUT2D eigenvalue weighted by molar-refractivity contribution is 0.251. The number of amides is 2. The van der Waals surface area contributed by atoms with Gasteiger partial charge in [-0.05, 0) is 30.7 Å². The number of rotatable bonds is 5. The van der Waals surface area contributed by atoms with E-state index in [2.05, 4.69) is 26.6 Å². The van der Waals surface area contributed by atoms with Crippen molar-refractivity contribution >= 4 is 27.6 Å². The van der Waals surface area contributed by atoms with Crippen molar-refractivity contribution in [2.24, 2.45) is 0 Å². The van der Waals surface area contributed by atoms with Crippen LogP contribution in [-0.2, 0) is 6.54 Å². The Morgan fingerprint density at radius 1 is 1.17 bits per heavy atom. The first kappa shape index (κ1) is 17.1. The molecule has 0 aromatic heterocycles. The van der Waals surface area contributed by atoms with Gasteiger partial charge in [-0.25, -0.2) is 4.79 Å². The highest BCUT2D eigenvalue weighted by molar-refractivity contribution is 9.10. The first-order valence-corrected chi connectivity index (χ1v) is 7.85. The van der Waals surface area contributed by atoms with E-state index < -0.39 is 0 Å². The van der Waals surface area contributed by atoms with E-state index in [1.165, 1.54) is 0 Å². The van der Waals surface area contributed by atoms with Crippen molar-refractivity contribution in [3.05, 3.63) is 52.0 Å². The Bertz CT molecular complexity index is 704. The number of nitrogens with one attached hydrogen (secondary N) is 2. The van der Waals surface area contributed by atoms with E-state index in [-0.39, 0.29) is 6.03 Å². The summed E-state index contributed by atoms with van der Waals surface area (Å²) in [5, 5.41) is 5.65. The minimum absolute atomic E-state index is 0.281. The lowest BCUT2D eigenvalue weighted by atomic mass is 10.2. The van der Waals surface area contributed by atoms with Crippen LogP contribution in [0.1, 0.15) is 11.1 Å². The number of hydrogen-bond acceptors (Lipinski definition) is 3. The maximum atomic E-state index is 12.1. The summed E-state index contributed by atoms with van der Waals surface area (Å²) in [5.74, 6) is 1.25. The second kappa shape index (κ2) is 7.87.